The van der Waals surface area contributed by atoms with Crippen LogP contribution in [0.2, 0.25) is 0 Å². The number of hydrogen-bond acceptors (Lipinski definition) is 3. The van der Waals surface area contributed by atoms with Gasteiger partial charge in [-0.1, -0.05) is 18.6 Å². The predicted molar refractivity (Wildman–Crippen MR) is 87.0 cm³/mol. The first-order valence-electron chi connectivity index (χ1n) is 8.10. The molecule has 2 bridgehead atoms. The molecule has 0 aliphatic carbocycles. The van der Waals surface area contributed by atoms with Gasteiger partial charge in [0.25, 0.3) is 0 Å². The van der Waals surface area contributed by atoms with E-state index in [1.807, 2.05) is 32.3 Å². The lowest BCUT2D eigenvalue weighted by molar-refractivity contribution is 0.0338. The third-order valence-electron chi connectivity index (χ3n) is 5.36. The monoisotopic (exact) mass is 286 g/mol. The van der Waals surface area contributed by atoms with Crippen molar-refractivity contribution >= 4 is 11.5 Å². The van der Waals surface area contributed by atoms with Gasteiger partial charge in [0.15, 0.2) is 5.78 Å². The maximum atomic E-state index is 12.9. The zero-order chi connectivity index (χ0) is 15.0. The predicted octanol–water partition coefficient (Wildman–Crippen LogP) is 3.20. The topological polar surface area (TPSA) is 23.6 Å². The lowest BCUT2D eigenvalue weighted by Gasteiger charge is -2.46. The van der Waals surface area contributed by atoms with E-state index in [2.05, 4.69) is 22.9 Å². The van der Waals surface area contributed by atoms with E-state index in [1.165, 1.54) is 19.3 Å². The van der Waals surface area contributed by atoms with Gasteiger partial charge in [0.1, 0.15) is 0 Å². The zero-order valence-corrected chi connectivity index (χ0v) is 13.4. The minimum Gasteiger partial charge on any atom is -0.378 e. The molecule has 3 nitrogen and oxygen atoms in total. The lowest BCUT2D eigenvalue weighted by atomic mass is 9.76. The van der Waals surface area contributed by atoms with E-state index in [1.54, 1.807) is 0 Å². The number of nitrogens with zero attached hydrogens (tertiary/aromatic N) is 2. The van der Waals surface area contributed by atoms with Gasteiger partial charge in [-0.2, -0.15) is 0 Å². The van der Waals surface area contributed by atoms with E-state index in [-0.39, 0.29) is 5.92 Å². The number of fused-ring (bicyclic) bond motifs is 2. The van der Waals surface area contributed by atoms with Crippen molar-refractivity contribution in [1.29, 1.82) is 0 Å². The number of ketones is 1. The highest BCUT2D eigenvalue weighted by atomic mass is 16.1. The minimum absolute atomic E-state index is 0.217. The van der Waals surface area contributed by atoms with Crippen molar-refractivity contribution in [2.45, 2.75) is 44.2 Å². The Morgan fingerprint density at radius 1 is 1.19 bits per heavy atom. The molecule has 1 aromatic rings. The Morgan fingerprint density at radius 2 is 1.86 bits per heavy atom. The summed E-state index contributed by atoms with van der Waals surface area (Å²) in [5.41, 5.74) is 1.99. The molecule has 2 saturated heterocycles. The second kappa shape index (κ2) is 5.80. The summed E-state index contributed by atoms with van der Waals surface area (Å²) in [6.45, 7) is 0. The van der Waals surface area contributed by atoms with Gasteiger partial charge in [-0.25, -0.2) is 0 Å². The Morgan fingerprint density at radius 3 is 2.48 bits per heavy atom. The van der Waals surface area contributed by atoms with Crippen LogP contribution in [0.4, 0.5) is 5.69 Å². The minimum atomic E-state index is 0.217. The Hall–Kier alpha value is -1.35. The third kappa shape index (κ3) is 2.84. The highest BCUT2D eigenvalue weighted by Crippen LogP contribution is 2.37. The molecule has 3 rings (SSSR count). The number of anilines is 1. The maximum absolute atomic E-state index is 12.9. The van der Waals surface area contributed by atoms with Gasteiger partial charge in [-0.3, -0.25) is 4.79 Å². The SMILES string of the molecule is CN(C)c1cccc(C(=O)C2CC3CCCC(C2)N3C)c1. The molecule has 2 heterocycles. The number of piperidine rings is 2. The molecule has 21 heavy (non-hydrogen) atoms. The van der Waals surface area contributed by atoms with E-state index in [9.17, 15) is 4.79 Å². The van der Waals surface area contributed by atoms with Crippen LogP contribution in [0.3, 0.4) is 0 Å². The number of hydrogen-bond donors (Lipinski definition) is 0. The van der Waals surface area contributed by atoms with Crippen molar-refractivity contribution in [2.24, 2.45) is 5.92 Å². The van der Waals surface area contributed by atoms with Gasteiger partial charge >= 0.3 is 0 Å². The Bertz CT molecular complexity index is 512. The first kappa shape index (κ1) is 14.6. The molecular formula is C18H26N2O. The van der Waals surface area contributed by atoms with Crippen LogP contribution < -0.4 is 4.90 Å². The number of Topliss-reactive ketones (excluding diaryl/α,β-unsaturated/α-hetero) is 1. The summed E-state index contributed by atoms with van der Waals surface area (Å²) in [5.74, 6) is 0.567. The maximum Gasteiger partial charge on any atom is 0.166 e. The summed E-state index contributed by atoms with van der Waals surface area (Å²) in [5, 5.41) is 0. The Labute approximate surface area is 127 Å². The van der Waals surface area contributed by atoms with Crippen LogP contribution in [0.1, 0.15) is 42.5 Å². The van der Waals surface area contributed by atoms with E-state index >= 15 is 0 Å². The zero-order valence-electron chi connectivity index (χ0n) is 13.4. The Kier molecular flexibility index (Phi) is 4.03. The normalized spacial score (nSPS) is 29.2. The lowest BCUT2D eigenvalue weighted by Crippen LogP contribution is -2.51. The second-order valence-corrected chi connectivity index (χ2v) is 6.88. The quantitative estimate of drug-likeness (QED) is 0.797. The molecular weight excluding hydrogens is 260 g/mol. The summed E-state index contributed by atoms with van der Waals surface area (Å²) in [4.78, 5) is 17.4. The summed E-state index contributed by atoms with van der Waals surface area (Å²) in [7, 11) is 6.27. The molecule has 0 spiro atoms. The molecule has 0 aromatic heterocycles. The largest absolute Gasteiger partial charge is 0.378 e. The summed E-state index contributed by atoms with van der Waals surface area (Å²) in [6, 6.07) is 9.30. The first-order chi connectivity index (χ1) is 10.1. The molecule has 114 valence electrons. The van der Waals surface area contributed by atoms with Crippen LogP contribution in [0.15, 0.2) is 24.3 Å². The van der Waals surface area contributed by atoms with Gasteiger partial charge in [0, 0.05) is 43.3 Å². The van der Waals surface area contributed by atoms with Gasteiger partial charge < -0.3 is 9.80 Å². The average Bonchev–Trinajstić information content (AvgIpc) is 2.46. The number of carbonyl (C=O) groups excluding carboxylic acids is 1. The van der Waals surface area contributed by atoms with Gasteiger partial charge in [-0.05, 0) is 44.9 Å². The fourth-order valence-electron chi connectivity index (χ4n) is 4.00. The van der Waals surface area contributed by atoms with Gasteiger partial charge in [0.2, 0.25) is 0 Å². The second-order valence-electron chi connectivity index (χ2n) is 6.88. The highest BCUT2D eigenvalue weighted by molar-refractivity contribution is 5.98. The number of carbonyl (C=O) groups is 1. The summed E-state index contributed by atoms with van der Waals surface area (Å²) >= 11 is 0. The van der Waals surface area contributed by atoms with Crippen molar-refractivity contribution in [1.82, 2.24) is 4.90 Å². The number of benzene rings is 1. The van der Waals surface area contributed by atoms with Crippen LogP contribution in [-0.4, -0.2) is 43.9 Å². The van der Waals surface area contributed by atoms with E-state index in [4.69, 9.17) is 0 Å². The van der Waals surface area contributed by atoms with Crippen LogP contribution in [-0.2, 0) is 0 Å². The fourth-order valence-corrected chi connectivity index (χ4v) is 4.00. The molecule has 0 amide bonds. The number of rotatable bonds is 3. The van der Waals surface area contributed by atoms with Crippen LogP contribution in [0, 0.1) is 5.92 Å². The van der Waals surface area contributed by atoms with E-state index in [0.29, 0.717) is 17.9 Å². The van der Waals surface area contributed by atoms with Crippen LogP contribution in [0.5, 0.6) is 0 Å². The average molecular weight is 286 g/mol. The van der Waals surface area contributed by atoms with E-state index in [0.717, 1.165) is 24.1 Å². The standard InChI is InChI=1S/C18H26N2O/c1-19(2)15-7-4-6-13(10-15)18(21)14-11-16-8-5-9-17(12-14)20(16)3/h4,6-7,10,14,16-17H,5,8-9,11-12H2,1-3H3. The van der Waals surface area contributed by atoms with Crippen molar-refractivity contribution in [2.75, 3.05) is 26.0 Å². The molecule has 3 heteroatoms. The van der Waals surface area contributed by atoms with E-state index < -0.39 is 0 Å². The first-order valence-corrected chi connectivity index (χ1v) is 8.10. The van der Waals surface area contributed by atoms with Gasteiger partial charge in [-0.15, -0.1) is 0 Å². The van der Waals surface area contributed by atoms with Crippen LogP contribution >= 0.6 is 0 Å². The molecule has 0 saturated carbocycles. The smallest absolute Gasteiger partial charge is 0.166 e. The summed E-state index contributed by atoms with van der Waals surface area (Å²) in [6.07, 6.45) is 5.93. The molecule has 0 N–H and O–H groups in total. The molecule has 2 fully saturated rings. The highest BCUT2D eigenvalue weighted by Gasteiger charge is 2.38. The molecule has 2 atom stereocenters. The van der Waals surface area contributed by atoms with Crippen LogP contribution in [0.25, 0.3) is 0 Å². The summed E-state index contributed by atoms with van der Waals surface area (Å²) < 4.78 is 0. The van der Waals surface area contributed by atoms with Crippen molar-refractivity contribution in [3.8, 4) is 0 Å². The molecule has 0 radical (unpaired) electrons. The third-order valence-corrected chi connectivity index (χ3v) is 5.36. The molecule has 2 aliphatic heterocycles. The molecule has 2 unspecified atom stereocenters. The van der Waals surface area contributed by atoms with Crippen molar-refractivity contribution < 1.29 is 4.79 Å². The van der Waals surface area contributed by atoms with Gasteiger partial charge in [0.05, 0.1) is 0 Å². The Balaban J connectivity index is 1.78. The fraction of sp³-hybridized carbons (Fsp3) is 0.611. The molecule has 1 aromatic carbocycles. The molecule has 2 aliphatic rings. The van der Waals surface area contributed by atoms with Crippen molar-refractivity contribution in [3.05, 3.63) is 29.8 Å². The van der Waals surface area contributed by atoms with Crippen molar-refractivity contribution in [3.63, 3.8) is 0 Å².